The Morgan fingerprint density at radius 1 is 1.19 bits per heavy atom. The highest BCUT2D eigenvalue weighted by Crippen LogP contribution is 2.40. The van der Waals surface area contributed by atoms with E-state index in [1.165, 1.54) is 19.4 Å². The van der Waals surface area contributed by atoms with Crippen molar-refractivity contribution in [2.24, 2.45) is 5.41 Å². The third-order valence-electron chi connectivity index (χ3n) is 6.33. The van der Waals surface area contributed by atoms with Crippen LogP contribution < -0.4 is 0 Å². The van der Waals surface area contributed by atoms with E-state index >= 15 is 0 Å². The molecule has 0 radical (unpaired) electrons. The van der Waals surface area contributed by atoms with Crippen LogP contribution in [0.1, 0.15) is 49.9 Å². The van der Waals surface area contributed by atoms with Crippen LogP contribution in [0.5, 0.6) is 0 Å². The monoisotopic (exact) mass is 358 g/mol. The SMILES string of the molecule is Cc1cnc(CN2C[C@@]3(CCCN(C4CCOCC4)C3)CCC2=O)cn1. The zero-order valence-corrected chi connectivity index (χ0v) is 15.8. The Bertz CT molecular complexity index is 629. The van der Waals surface area contributed by atoms with E-state index in [0.717, 1.165) is 57.0 Å². The van der Waals surface area contributed by atoms with Gasteiger partial charge in [0.1, 0.15) is 0 Å². The Balaban J connectivity index is 1.44. The number of carbonyl (C=O) groups excluding carboxylic acids is 1. The topological polar surface area (TPSA) is 58.6 Å². The Kier molecular flexibility index (Phi) is 5.23. The number of nitrogens with zero attached hydrogens (tertiary/aromatic N) is 4. The third-order valence-corrected chi connectivity index (χ3v) is 6.33. The maximum Gasteiger partial charge on any atom is 0.222 e. The molecule has 26 heavy (non-hydrogen) atoms. The number of aromatic nitrogens is 2. The fourth-order valence-corrected chi connectivity index (χ4v) is 4.88. The predicted molar refractivity (Wildman–Crippen MR) is 98.5 cm³/mol. The van der Waals surface area contributed by atoms with Gasteiger partial charge in [0.2, 0.25) is 5.91 Å². The highest BCUT2D eigenvalue weighted by Gasteiger charge is 2.43. The molecule has 1 amide bonds. The van der Waals surface area contributed by atoms with E-state index in [-0.39, 0.29) is 11.3 Å². The van der Waals surface area contributed by atoms with Crippen LogP contribution in [0.2, 0.25) is 0 Å². The molecular weight excluding hydrogens is 328 g/mol. The lowest BCUT2D eigenvalue weighted by molar-refractivity contribution is -0.141. The van der Waals surface area contributed by atoms with Gasteiger partial charge in [-0.25, -0.2) is 0 Å². The highest BCUT2D eigenvalue weighted by atomic mass is 16.5. The first-order valence-corrected chi connectivity index (χ1v) is 10.0. The van der Waals surface area contributed by atoms with Gasteiger partial charge in [0.15, 0.2) is 0 Å². The van der Waals surface area contributed by atoms with E-state index in [1.807, 2.05) is 11.8 Å². The van der Waals surface area contributed by atoms with Gasteiger partial charge in [0.25, 0.3) is 0 Å². The van der Waals surface area contributed by atoms with Crippen LogP contribution in [0.25, 0.3) is 0 Å². The summed E-state index contributed by atoms with van der Waals surface area (Å²) in [5.41, 5.74) is 2.05. The van der Waals surface area contributed by atoms with Gasteiger partial charge in [-0.2, -0.15) is 0 Å². The van der Waals surface area contributed by atoms with Crippen molar-refractivity contribution in [2.75, 3.05) is 32.8 Å². The lowest BCUT2D eigenvalue weighted by Crippen LogP contribution is -2.56. The van der Waals surface area contributed by atoms with Crippen molar-refractivity contribution in [3.05, 3.63) is 23.8 Å². The summed E-state index contributed by atoms with van der Waals surface area (Å²) in [5.74, 6) is 0.265. The van der Waals surface area contributed by atoms with Crippen LogP contribution in [0.3, 0.4) is 0 Å². The molecule has 1 spiro atoms. The number of hydrogen-bond acceptors (Lipinski definition) is 5. The molecule has 0 aromatic carbocycles. The summed E-state index contributed by atoms with van der Waals surface area (Å²) in [6.45, 7) is 7.50. The molecule has 1 aromatic rings. The standard InChI is InChI=1S/C20H30N4O2/c1-16-11-22-17(12-21-16)13-24-15-20(7-3-19(24)25)6-2-8-23(14-20)18-4-9-26-10-5-18/h11-12,18H,2-10,13-15H2,1H3/t20-/m0/s1. The molecule has 6 nitrogen and oxygen atoms in total. The highest BCUT2D eigenvalue weighted by molar-refractivity contribution is 5.77. The minimum absolute atomic E-state index is 0.253. The van der Waals surface area contributed by atoms with Gasteiger partial charge in [-0.05, 0) is 45.6 Å². The lowest BCUT2D eigenvalue weighted by Gasteiger charge is -2.50. The molecule has 0 unspecified atom stereocenters. The second kappa shape index (κ2) is 7.61. The molecule has 0 bridgehead atoms. The largest absolute Gasteiger partial charge is 0.381 e. The summed E-state index contributed by atoms with van der Waals surface area (Å²) >= 11 is 0. The van der Waals surface area contributed by atoms with E-state index in [1.54, 1.807) is 12.4 Å². The minimum Gasteiger partial charge on any atom is -0.381 e. The number of aryl methyl sites for hydroxylation is 1. The Morgan fingerprint density at radius 2 is 2.04 bits per heavy atom. The van der Waals surface area contributed by atoms with Gasteiger partial charge in [0.05, 0.1) is 24.1 Å². The first kappa shape index (κ1) is 17.9. The molecule has 1 aromatic heterocycles. The molecule has 4 rings (SSSR count). The molecule has 1 atom stereocenters. The summed E-state index contributed by atoms with van der Waals surface area (Å²) in [5, 5.41) is 0. The van der Waals surface area contributed by atoms with Crippen LogP contribution in [0.4, 0.5) is 0 Å². The fraction of sp³-hybridized carbons (Fsp3) is 0.750. The number of carbonyl (C=O) groups is 1. The van der Waals surface area contributed by atoms with Crippen molar-refractivity contribution in [1.29, 1.82) is 0 Å². The number of piperidine rings is 2. The third kappa shape index (κ3) is 3.91. The Hall–Kier alpha value is -1.53. The van der Waals surface area contributed by atoms with Crippen LogP contribution >= 0.6 is 0 Å². The second-order valence-corrected chi connectivity index (χ2v) is 8.32. The summed E-state index contributed by atoms with van der Waals surface area (Å²) in [4.78, 5) is 26.0. The smallest absolute Gasteiger partial charge is 0.222 e. The average molecular weight is 358 g/mol. The molecule has 142 valence electrons. The summed E-state index contributed by atoms with van der Waals surface area (Å²) in [6, 6.07) is 0.662. The van der Waals surface area contributed by atoms with E-state index in [9.17, 15) is 4.79 Å². The zero-order chi connectivity index (χ0) is 18.0. The van der Waals surface area contributed by atoms with E-state index in [4.69, 9.17) is 4.74 Å². The summed E-state index contributed by atoms with van der Waals surface area (Å²) in [7, 11) is 0. The number of ether oxygens (including phenoxy) is 1. The van der Waals surface area contributed by atoms with Gasteiger partial charge >= 0.3 is 0 Å². The molecule has 4 heterocycles. The van der Waals surface area contributed by atoms with Gasteiger partial charge in [-0.15, -0.1) is 0 Å². The molecule has 0 saturated carbocycles. The van der Waals surface area contributed by atoms with Crippen molar-refractivity contribution >= 4 is 5.91 Å². The van der Waals surface area contributed by atoms with E-state index < -0.39 is 0 Å². The number of rotatable bonds is 3. The maximum atomic E-state index is 12.5. The van der Waals surface area contributed by atoms with Crippen molar-refractivity contribution in [2.45, 2.75) is 58.0 Å². The first-order valence-electron chi connectivity index (χ1n) is 10.0. The molecule has 6 heteroatoms. The first-order chi connectivity index (χ1) is 12.6. The van der Waals surface area contributed by atoms with Gasteiger partial charge in [-0.3, -0.25) is 19.7 Å². The Morgan fingerprint density at radius 3 is 2.81 bits per heavy atom. The van der Waals surface area contributed by atoms with Crippen molar-refractivity contribution in [3.8, 4) is 0 Å². The van der Waals surface area contributed by atoms with Crippen LogP contribution in [-0.4, -0.2) is 64.6 Å². The number of hydrogen-bond donors (Lipinski definition) is 0. The molecule has 0 aliphatic carbocycles. The fourth-order valence-electron chi connectivity index (χ4n) is 4.88. The molecule has 3 aliphatic rings. The van der Waals surface area contributed by atoms with Crippen molar-refractivity contribution in [3.63, 3.8) is 0 Å². The van der Waals surface area contributed by atoms with Crippen molar-refractivity contribution < 1.29 is 9.53 Å². The number of likely N-dealkylation sites (tertiary alicyclic amines) is 2. The average Bonchev–Trinajstić information content (AvgIpc) is 2.68. The zero-order valence-electron chi connectivity index (χ0n) is 15.8. The normalized spacial score (nSPS) is 28.7. The number of amides is 1. The summed E-state index contributed by atoms with van der Waals surface area (Å²) in [6.07, 6.45) is 10.1. The van der Waals surface area contributed by atoms with Crippen LogP contribution in [0.15, 0.2) is 12.4 Å². The van der Waals surface area contributed by atoms with Crippen molar-refractivity contribution in [1.82, 2.24) is 19.8 Å². The van der Waals surface area contributed by atoms with Crippen LogP contribution in [-0.2, 0) is 16.1 Å². The van der Waals surface area contributed by atoms with Crippen LogP contribution in [0, 0.1) is 12.3 Å². The molecule has 0 N–H and O–H groups in total. The quantitative estimate of drug-likeness (QED) is 0.829. The second-order valence-electron chi connectivity index (χ2n) is 8.32. The van der Waals surface area contributed by atoms with Gasteiger partial charge in [-0.1, -0.05) is 0 Å². The van der Waals surface area contributed by atoms with E-state index in [0.29, 0.717) is 19.0 Å². The maximum absolute atomic E-state index is 12.5. The minimum atomic E-state index is 0.253. The van der Waals surface area contributed by atoms with E-state index in [2.05, 4.69) is 14.9 Å². The summed E-state index contributed by atoms with van der Waals surface area (Å²) < 4.78 is 5.54. The molecule has 3 fully saturated rings. The van der Waals surface area contributed by atoms with Gasteiger partial charge < -0.3 is 9.64 Å². The Labute approximate surface area is 155 Å². The lowest BCUT2D eigenvalue weighted by atomic mass is 9.73. The predicted octanol–water partition coefficient (Wildman–Crippen LogP) is 2.17. The van der Waals surface area contributed by atoms with Gasteiger partial charge in [0, 0.05) is 50.4 Å². The molecule has 3 aliphatic heterocycles. The molecular formula is C20H30N4O2. The molecule has 3 saturated heterocycles.